The van der Waals surface area contributed by atoms with Crippen molar-refractivity contribution in [3.8, 4) is 23.0 Å². The van der Waals surface area contributed by atoms with Gasteiger partial charge in [-0.15, -0.1) is 10.2 Å². The first-order chi connectivity index (χ1) is 13.7. The van der Waals surface area contributed by atoms with E-state index in [-0.39, 0.29) is 0 Å². The predicted octanol–water partition coefficient (Wildman–Crippen LogP) is 5.79. The highest BCUT2D eigenvalue weighted by Crippen LogP contribution is 2.32. The molecule has 0 N–H and O–H groups in total. The van der Waals surface area contributed by atoms with Crippen LogP contribution in [-0.4, -0.2) is 21.9 Å². The third-order valence-corrected chi connectivity index (χ3v) is 5.52. The van der Waals surface area contributed by atoms with Gasteiger partial charge in [0.2, 0.25) is 5.82 Å². The van der Waals surface area contributed by atoms with Gasteiger partial charge in [0.05, 0.1) is 19.1 Å². The van der Waals surface area contributed by atoms with Gasteiger partial charge in [0, 0.05) is 10.8 Å². The van der Waals surface area contributed by atoms with Crippen LogP contribution >= 0.6 is 23.4 Å². The van der Waals surface area contributed by atoms with Crippen molar-refractivity contribution >= 4 is 23.4 Å². The molecule has 0 unspecified atom stereocenters. The molecular weight excluding hydrogens is 394 g/mol. The van der Waals surface area contributed by atoms with Crippen LogP contribution < -0.4 is 4.74 Å². The van der Waals surface area contributed by atoms with Crippen molar-refractivity contribution in [2.75, 3.05) is 7.11 Å². The minimum Gasteiger partial charge on any atom is -0.497 e. The molecule has 0 fully saturated rings. The fourth-order valence-electron chi connectivity index (χ4n) is 2.88. The van der Waals surface area contributed by atoms with Crippen molar-refractivity contribution in [3.05, 3.63) is 77.0 Å². The lowest BCUT2D eigenvalue weighted by Crippen LogP contribution is -2.02. The summed E-state index contributed by atoms with van der Waals surface area (Å²) in [6.07, 6.45) is 1.63. The van der Waals surface area contributed by atoms with Crippen molar-refractivity contribution in [2.45, 2.75) is 17.8 Å². The van der Waals surface area contributed by atoms with Gasteiger partial charge in [-0.1, -0.05) is 41.6 Å². The smallest absolute Gasteiger partial charge is 0.205 e. The van der Waals surface area contributed by atoms with Crippen LogP contribution in [0.25, 0.3) is 17.3 Å². The molecule has 0 radical (unpaired) electrons. The molecule has 0 aliphatic rings. The zero-order chi connectivity index (χ0) is 19.5. The molecule has 0 aliphatic carbocycles. The molecule has 4 aromatic rings. The van der Waals surface area contributed by atoms with Crippen LogP contribution in [0, 0.1) is 6.92 Å². The predicted molar refractivity (Wildman–Crippen MR) is 111 cm³/mol. The summed E-state index contributed by atoms with van der Waals surface area (Å²) in [4.78, 5) is 0. The summed E-state index contributed by atoms with van der Waals surface area (Å²) in [6.45, 7) is 2.04. The molecule has 7 heteroatoms. The molecular formula is C21H18ClN3O2S. The second kappa shape index (κ2) is 8.12. The van der Waals surface area contributed by atoms with Gasteiger partial charge in [0.25, 0.3) is 0 Å². The maximum atomic E-state index is 6.27. The van der Waals surface area contributed by atoms with E-state index in [0.29, 0.717) is 16.6 Å². The second-order valence-electron chi connectivity index (χ2n) is 6.19. The number of hydrogen-bond acceptors (Lipinski definition) is 5. The number of aromatic nitrogens is 3. The normalized spacial score (nSPS) is 11.0. The number of aryl methyl sites for hydroxylation is 1. The number of thioether (sulfide) groups is 1. The quantitative estimate of drug-likeness (QED) is 0.376. The van der Waals surface area contributed by atoms with E-state index < -0.39 is 0 Å². The van der Waals surface area contributed by atoms with Gasteiger partial charge in [0.15, 0.2) is 10.9 Å². The maximum absolute atomic E-state index is 6.27. The van der Waals surface area contributed by atoms with Gasteiger partial charge in [-0.3, -0.25) is 4.57 Å². The molecule has 2 heterocycles. The van der Waals surface area contributed by atoms with Gasteiger partial charge in [-0.05, 0) is 54.4 Å². The standard InChI is InChI=1S/C21H18ClN3O2S/c1-14-8-9-16(22)12-18(14)25-20(19-7-4-10-27-19)23-24-21(25)28-13-15-5-3-6-17(11-15)26-2/h3-12H,13H2,1-2H3. The van der Waals surface area contributed by atoms with E-state index in [4.69, 9.17) is 20.8 Å². The fraction of sp³-hybridized carbons (Fsp3) is 0.143. The summed E-state index contributed by atoms with van der Waals surface area (Å²) < 4.78 is 12.9. The molecule has 142 valence electrons. The van der Waals surface area contributed by atoms with Crippen LogP contribution in [0.4, 0.5) is 0 Å². The molecule has 28 heavy (non-hydrogen) atoms. The van der Waals surface area contributed by atoms with Crippen molar-refractivity contribution < 1.29 is 9.15 Å². The second-order valence-corrected chi connectivity index (χ2v) is 7.57. The summed E-state index contributed by atoms with van der Waals surface area (Å²) in [7, 11) is 1.67. The van der Waals surface area contributed by atoms with E-state index in [0.717, 1.165) is 33.5 Å². The first kappa shape index (κ1) is 18.7. The minimum absolute atomic E-state index is 0.642. The lowest BCUT2D eigenvalue weighted by Gasteiger charge is -2.12. The Morgan fingerprint density at radius 3 is 2.79 bits per heavy atom. The molecule has 0 saturated heterocycles. The average molecular weight is 412 g/mol. The Balaban J connectivity index is 1.74. The molecule has 0 atom stereocenters. The van der Waals surface area contributed by atoms with Crippen LogP contribution in [0.3, 0.4) is 0 Å². The van der Waals surface area contributed by atoms with Gasteiger partial charge < -0.3 is 9.15 Å². The summed E-state index contributed by atoms with van der Waals surface area (Å²) in [5.41, 5.74) is 3.14. The number of methoxy groups -OCH3 is 1. The summed E-state index contributed by atoms with van der Waals surface area (Å²) >= 11 is 7.87. The Kier molecular flexibility index (Phi) is 5.41. The van der Waals surface area contributed by atoms with E-state index in [1.54, 1.807) is 25.1 Å². The number of benzene rings is 2. The lowest BCUT2D eigenvalue weighted by molar-refractivity contribution is 0.414. The van der Waals surface area contributed by atoms with E-state index in [9.17, 15) is 0 Å². The zero-order valence-electron chi connectivity index (χ0n) is 15.4. The molecule has 4 rings (SSSR count). The van der Waals surface area contributed by atoms with E-state index in [1.807, 2.05) is 60.0 Å². The van der Waals surface area contributed by atoms with Crippen molar-refractivity contribution in [3.63, 3.8) is 0 Å². The molecule has 0 amide bonds. The van der Waals surface area contributed by atoms with Crippen LogP contribution in [0.1, 0.15) is 11.1 Å². The largest absolute Gasteiger partial charge is 0.497 e. The number of nitrogens with zero attached hydrogens (tertiary/aromatic N) is 3. The Bertz CT molecular complexity index is 1090. The first-order valence-electron chi connectivity index (χ1n) is 8.67. The van der Waals surface area contributed by atoms with Gasteiger partial charge in [-0.2, -0.15) is 0 Å². The molecule has 0 saturated carbocycles. The molecule has 2 aromatic heterocycles. The zero-order valence-corrected chi connectivity index (χ0v) is 17.0. The Hall–Kier alpha value is -2.70. The van der Waals surface area contributed by atoms with Gasteiger partial charge in [0.1, 0.15) is 5.75 Å². The Labute approximate surface area is 172 Å². The number of hydrogen-bond donors (Lipinski definition) is 0. The highest BCUT2D eigenvalue weighted by atomic mass is 35.5. The average Bonchev–Trinajstić information content (AvgIpc) is 3.38. The van der Waals surface area contributed by atoms with E-state index >= 15 is 0 Å². The van der Waals surface area contributed by atoms with Crippen molar-refractivity contribution in [1.29, 1.82) is 0 Å². The Morgan fingerprint density at radius 2 is 2.00 bits per heavy atom. The van der Waals surface area contributed by atoms with Crippen molar-refractivity contribution in [2.24, 2.45) is 0 Å². The van der Waals surface area contributed by atoms with Gasteiger partial charge >= 0.3 is 0 Å². The van der Waals surface area contributed by atoms with Crippen LogP contribution in [-0.2, 0) is 5.75 Å². The van der Waals surface area contributed by atoms with E-state index in [2.05, 4.69) is 16.3 Å². The molecule has 0 aliphatic heterocycles. The van der Waals surface area contributed by atoms with Crippen LogP contribution in [0.5, 0.6) is 5.75 Å². The van der Waals surface area contributed by atoms with Gasteiger partial charge in [-0.25, -0.2) is 0 Å². The molecule has 0 bridgehead atoms. The first-order valence-corrected chi connectivity index (χ1v) is 10.0. The summed E-state index contributed by atoms with van der Waals surface area (Å²) in [5, 5.41) is 10.2. The van der Waals surface area contributed by atoms with E-state index in [1.165, 1.54) is 0 Å². The summed E-state index contributed by atoms with van der Waals surface area (Å²) in [6, 6.07) is 17.5. The van der Waals surface area contributed by atoms with Crippen LogP contribution in [0.15, 0.2) is 70.4 Å². The van der Waals surface area contributed by atoms with Crippen molar-refractivity contribution in [1.82, 2.24) is 14.8 Å². The summed E-state index contributed by atoms with van der Waals surface area (Å²) in [5.74, 6) is 2.86. The SMILES string of the molecule is COc1cccc(CSc2nnc(-c3ccco3)n2-c2cc(Cl)ccc2C)c1. The monoisotopic (exact) mass is 411 g/mol. The molecule has 2 aromatic carbocycles. The number of rotatable bonds is 6. The third kappa shape index (κ3) is 3.79. The molecule has 0 spiro atoms. The highest BCUT2D eigenvalue weighted by molar-refractivity contribution is 7.98. The fourth-order valence-corrected chi connectivity index (χ4v) is 3.93. The minimum atomic E-state index is 0.642. The number of halogens is 1. The van der Waals surface area contributed by atoms with Crippen LogP contribution in [0.2, 0.25) is 5.02 Å². The topological polar surface area (TPSA) is 53.1 Å². The lowest BCUT2D eigenvalue weighted by atomic mass is 10.2. The maximum Gasteiger partial charge on any atom is 0.205 e. The third-order valence-electron chi connectivity index (χ3n) is 4.29. The molecule has 5 nitrogen and oxygen atoms in total. The highest BCUT2D eigenvalue weighted by Gasteiger charge is 2.19. The number of ether oxygens (including phenoxy) is 1. The number of furan rings is 1. The Morgan fingerprint density at radius 1 is 1.11 bits per heavy atom.